The molecule has 3 nitrogen and oxygen atoms in total. The molecule has 0 fully saturated rings. The Morgan fingerprint density at radius 1 is 1.71 bits per heavy atom. The fourth-order valence-electron chi connectivity index (χ4n) is 0. The Morgan fingerprint density at radius 3 is 1.86 bits per heavy atom. The minimum Gasteiger partial charge on any atom is -0.480 e. The largest absolute Gasteiger partial charge is 0.480 e. The number of aliphatic carboxylic acids is 1. The first-order valence-electron chi connectivity index (χ1n) is 1.69. The van der Waals surface area contributed by atoms with Gasteiger partial charge in [-0.1, -0.05) is 0 Å². The summed E-state index contributed by atoms with van der Waals surface area (Å²) in [7, 11) is 0. The number of carboxylic acid groups (broad SMARTS) is 1. The summed E-state index contributed by atoms with van der Waals surface area (Å²) in [6.07, 6.45) is 0. The molecule has 0 aliphatic heterocycles. The van der Waals surface area contributed by atoms with Gasteiger partial charge in [0.1, 0.15) is 0 Å². The Bertz CT molecular complexity index is 53.7. The molecular weight excluding hydrogens is 94.0 g/mol. The zero-order valence-corrected chi connectivity index (χ0v) is 4.05. The Morgan fingerprint density at radius 2 is 1.86 bits per heavy atom. The molecule has 0 aromatic rings. The van der Waals surface area contributed by atoms with Crippen LogP contribution in [0.4, 0.5) is 0 Å². The fraction of sp³-hybridized carbons (Fsp3) is 0.250. The number of hydrogen-bond acceptors (Lipinski definition) is 2. The molecule has 3 N–H and O–H groups in total. The third-order valence-electron chi connectivity index (χ3n) is 0.175. The number of carboxylic acids is 1. The molecular formula is C4H9NO2. The normalized spacial score (nSPS) is 5.86. The van der Waals surface area contributed by atoms with Gasteiger partial charge in [-0.25, -0.2) is 0 Å². The third-order valence-corrected chi connectivity index (χ3v) is 0.175. The first-order valence-corrected chi connectivity index (χ1v) is 1.69. The molecule has 0 atom stereocenters. The van der Waals surface area contributed by atoms with Gasteiger partial charge < -0.3 is 10.8 Å². The molecule has 0 aromatic heterocycles. The highest BCUT2D eigenvalue weighted by molar-refractivity contribution is 5.68. The smallest absolute Gasteiger partial charge is 0.317 e. The average molecular weight is 103 g/mol. The summed E-state index contributed by atoms with van der Waals surface area (Å²) in [4.78, 5) is 9.24. The molecule has 3 heteroatoms. The molecule has 7 heavy (non-hydrogen) atoms. The topological polar surface area (TPSA) is 63.3 Å². The number of nitrogens with two attached hydrogens (primary N) is 1. The maximum absolute atomic E-state index is 9.24. The van der Waals surface area contributed by atoms with Gasteiger partial charge in [0.2, 0.25) is 0 Å². The predicted molar refractivity (Wildman–Crippen MR) is 27.9 cm³/mol. The first kappa shape index (κ1) is 9.48. The van der Waals surface area contributed by atoms with E-state index in [0.717, 1.165) is 0 Å². The lowest BCUT2D eigenvalue weighted by molar-refractivity contribution is -0.135. The molecule has 0 rings (SSSR count). The molecule has 0 spiro atoms. The van der Waals surface area contributed by atoms with E-state index in [4.69, 9.17) is 5.11 Å². The van der Waals surface area contributed by atoms with Crippen LogP contribution in [0.1, 0.15) is 0 Å². The van der Waals surface area contributed by atoms with Crippen LogP contribution in [-0.4, -0.2) is 17.6 Å². The third kappa shape index (κ3) is 38.0. The van der Waals surface area contributed by atoms with Crippen molar-refractivity contribution in [1.29, 1.82) is 0 Å². The quantitative estimate of drug-likeness (QED) is 0.453. The maximum Gasteiger partial charge on any atom is 0.317 e. The second-order valence-corrected chi connectivity index (χ2v) is 0.598. The van der Waals surface area contributed by atoms with E-state index in [1.807, 2.05) is 0 Å². The van der Waals surface area contributed by atoms with E-state index in [0.29, 0.717) is 0 Å². The summed E-state index contributed by atoms with van der Waals surface area (Å²) in [5, 5.41) is 7.60. The van der Waals surface area contributed by atoms with Gasteiger partial charge in [-0.15, -0.1) is 13.2 Å². The number of hydrogen-bond donors (Lipinski definition) is 2. The van der Waals surface area contributed by atoms with Crippen molar-refractivity contribution in [2.45, 2.75) is 0 Å². The van der Waals surface area contributed by atoms with Crippen molar-refractivity contribution in [2.75, 3.05) is 6.54 Å². The number of carbonyl (C=O) groups is 1. The van der Waals surface area contributed by atoms with Crippen molar-refractivity contribution in [3.05, 3.63) is 13.2 Å². The van der Waals surface area contributed by atoms with Crippen molar-refractivity contribution in [1.82, 2.24) is 0 Å². The highest BCUT2D eigenvalue weighted by Gasteiger charge is 1.81. The standard InChI is InChI=1S/C2H5NO2.C2H4/c3-1-2(4)5;1-2/h1,3H2,(H,4,5);1-2H2. The van der Waals surface area contributed by atoms with Gasteiger partial charge in [-0.2, -0.15) is 0 Å². The number of rotatable bonds is 1. The van der Waals surface area contributed by atoms with Crippen LogP contribution in [0, 0.1) is 0 Å². The van der Waals surface area contributed by atoms with Gasteiger partial charge >= 0.3 is 5.97 Å². The van der Waals surface area contributed by atoms with Crippen molar-refractivity contribution >= 4 is 5.97 Å². The molecule has 42 valence electrons. The van der Waals surface area contributed by atoms with Crippen LogP contribution in [0.3, 0.4) is 0 Å². The fourth-order valence-corrected chi connectivity index (χ4v) is 0. The van der Waals surface area contributed by atoms with Crippen LogP contribution in [0.2, 0.25) is 0 Å². The van der Waals surface area contributed by atoms with Crippen LogP contribution in [0.25, 0.3) is 0 Å². The van der Waals surface area contributed by atoms with Crippen molar-refractivity contribution in [3.8, 4) is 0 Å². The molecule has 0 unspecified atom stereocenters. The second-order valence-electron chi connectivity index (χ2n) is 0.598. The highest BCUT2D eigenvalue weighted by Crippen LogP contribution is 1.43. The van der Waals surface area contributed by atoms with Gasteiger partial charge in [0.15, 0.2) is 0 Å². The molecule has 0 aliphatic carbocycles. The van der Waals surface area contributed by atoms with E-state index in [1.54, 1.807) is 0 Å². The highest BCUT2D eigenvalue weighted by atomic mass is 16.4. The van der Waals surface area contributed by atoms with Gasteiger partial charge in [0.25, 0.3) is 0 Å². The van der Waals surface area contributed by atoms with Crippen LogP contribution >= 0.6 is 0 Å². The zero-order valence-electron chi connectivity index (χ0n) is 4.05. The zero-order chi connectivity index (χ0) is 6.28. The second kappa shape index (κ2) is 8.95. The monoisotopic (exact) mass is 103 g/mol. The van der Waals surface area contributed by atoms with E-state index in [-0.39, 0.29) is 6.54 Å². The predicted octanol–water partition coefficient (Wildman–Crippen LogP) is -0.168. The summed E-state index contributed by atoms with van der Waals surface area (Å²) >= 11 is 0. The Kier molecular flexibility index (Phi) is 12.1. The molecule has 0 saturated carbocycles. The first-order chi connectivity index (χ1) is 3.27. The summed E-state index contributed by atoms with van der Waals surface area (Å²) in [6.45, 7) is 5.72. The van der Waals surface area contributed by atoms with E-state index >= 15 is 0 Å². The summed E-state index contributed by atoms with van der Waals surface area (Å²) < 4.78 is 0. The molecule has 0 bridgehead atoms. The summed E-state index contributed by atoms with van der Waals surface area (Å²) in [5.74, 6) is -0.968. The van der Waals surface area contributed by atoms with E-state index in [2.05, 4.69) is 18.9 Å². The van der Waals surface area contributed by atoms with E-state index in [1.165, 1.54) is 0 Å². The summed E-state index contributed by atoms with van der Waals surface area (Å²) in [5.41, 5.74) is 4.57. The average Bonchev–Trinajstić information content (AvgIpc) is 1.73. The van der Waals surface area contributed by atoms with E-state index < -0.39 is 5.97 Å². The molecule has 0 aliphatic rings. The van der Waals surface area contributed by atoms with Gasteiger partial charge in [-0.3, -0.25) is 4.79 Å². The van der Waals surface area contributed by atoms with Crippen LogP contribution in [-0.2, 0) is 4.79 Å². The lowest BCUT2D eigenvalue weighted by Crippen LogP contribution is -2.10. The van der Waals surface area contributed by atoms with Crippen LogP contribution in [0.15, 0.2) is 13.2 Å². The SMILES string of the molecule is C=C.NCC(=O)O. The van der Waals surface area contributed by atoms with E-state index in [9.17, 15) is 4.79 Å². The summed E-state index contributed by atoms with van der Waals surface area (Å²) in [6, 6.07) is 0. The maximum atomic E-state index is 9.24. The van der Waals surface area contributed by atoms with Crippen LogP contribution < -0.4 is 5.73 Å². The molecule has 0 amide bonds. The molecule has 0 heterocycles. The van der Waals surface area contributed by atoms with Crippen molar-refractivity contribution in [3.63, 3.8) is 0 Å². The van der Waals surface area contributed by atoms with Crippen molar-refractivity contribution < 1.29 is 9.90 Å². The Hall–Kier alpha value is -0.830. The van der Waals surface area contributed by atoms with Crippen LogP contribution in [0.5, 0.6) is 0 Å². The van der Waals surface area contributed by atoms with Gasteiger partial charge in [0, 0.05) is 0 Å². The van der Waals surface area contributed by atoms with Gasteiger partial charge in [0.05, 0.1) is 6.54 Å². The van der Waals surface area contributed by atoms with Gasteiger partial charge in [-0.05, 0) is 0 Å². The minimum absolute atomic E-state index is 0.278. The molecule has 0 aromatic carbocycles. The molecule has 0 radical (unpaired) electrons. The lowest BCUT2D eigenvalue weighted by atomic mass is 10.7. The van der Waals surface area contributed by atoms with Crippen molar-refractivity contribution in [2.24, 2.45) is 5.73 Å². The Balaban J connectivity index is 0. The molecule has 0 saturated heterocycles. The lowest BCUT2D eigenvalue weighted by Gasteiger charge is -1.73. The minimum atomic E-state index is -0.968. The Labute approximate surface area is 42.4 Å².